The van der Waals surface area contributed by atoms with E-state index < -0.39 is 0 Å². The Labute approximate surface area is 95.5 Å². The molecule has 1 aromatic carbocycles. The highest BCUT2D eigenvalue weighted by atomic mass is 35.5. The van der Waals surface area contributed by atoms with E-state index in [0.29, 0.717) is 0 Å². The average Bonchev–Trinajstić information content (AvgIpc) is 2.13. The predicted molar refractivity (Wildman–Crippen MR) is 57.4 cm³/mol. The van der Waals surface area contributed by atoms with Crippen LogP contribution in [0.15, 0.2) is 0 Å². The van der Waals surface area contributed by atoms with Crippen LogP contribution < -0.4 is 10.5 Å². The van der Waals surface area contributed by atoms with Gasteiger partial charge in [0, 0.05) is 0 Å². The number of ether oxygens (including phenoxy) is 1. The number of methoxy groups -OCH3 is 1. The third-order valence-electron chi connectivity index (χ3n) is 1.46. The van der Waals surface area contributed by atoms with Crippen LogP contribution in [0.5, 0.6) is 5.75 Å². The topological polar surface area (TPSA) is 35.2 Å². The molecule has 0 unspecified atom stereocenters. The Bertz CT molecular complexity index is 324. The lowest BCUT2D eigenvalue weighted by Gasteiger charge is -2.11. The van der Waals surface area contributed by atoms with Crippen molar-refractivity contribution in [3.05, 3.63) is 20.1 Å². The fraction of sp³-hybridized carbons (Fsp3) is 0.143. The highest BCUT2D eigenvalue weighted by Gasteiger charge is 2.18. The summed E-state index contributed by atoms with van der Waals surface area (Å²) < 4.78 is 4.91. The normalized spacial score (nSPS) is 10.2. The van der Waals surface area contributed by atoms with Crippen molar-refractivity contribution in [3.8, 4) is 5.75 Å². The second-order valence-electron chi connectivity index (χ2n) is 2.20. The van der Waals surface area contributed by atoms with E-state index in [9.17, 15) is 0 Å². The number of rotatable bonds is 1. The van der Waals surface area contributed by atoms with Gasteiger partial charge in [0.15, 0.2) is 5.75 Å². The summed E-state index contributed by atoms with van der Waals surface area (Å²) in [5, 5.41) is 0.606. The fourth-order valence-electron chi connectivity index (χ4n) is 0.808. The molecule has 0 aliphatic carbocycles. The first-order valence-corrected chi connectivity index (χ1v) is 4.67. The van der Waals surface area contributed by atoms with Crippen LogP contribution in [0, 0.1) is 0 Å². The van der Waals surface area contributed by atoms with Gasteiger partial charge in [0.05, 0.1) is 22.8 Å². The van der Waals surface area contributed by atoms with Crippen LogP contribution in [0.1, 0.15) is 0 Å². The molecule has 2 N–H and O–H groups in total. The summed E-state index contributed by atoms with van der Waals surface area (Å²) in [6, 6.07) is 0. The Morgan fingerprint density at radius 1 is 0.923 bits per heavy atom. The lowest BCUT2D eigenvalue weighted by Crippen LogP contribution is -1.94. The van der Waals surface area contributed by atoms with E-state index in [2.05, 4.69) is 0 Å². The first-order chi connectivity index (χ1) is 6.00. The maximum absolute atomic E-state index is 5.80. The van der Waals surface area contributed by atoms with Crippen molar-refractivity contribution in [1.29, 1.82) is 0 Å². The van der Waals surface area contributed by atoms with Gasteiger partial charge in [-0.25, -0.2) is 0 Å². The number of halogens is 4. The molecule has 0 saturated heterocycles. The van der Waals surface area contributed by atoms with Crippen LogP contribution in [-0.4, -0.2) is 7.11 Å². The zero-order valence-electron chi connectivity index (χ0n) is 6.50. The smallest absolute Gasteiger partial charge is 0.159 e. The molecule has 0 heterocycles. The SMILES string of the molecule is COc1c(Cl)c(N)c(Cl)c(Cl)c1Cl. The van der Waals surface area contributed by atoms with Crippen molar-refractivity contribution >= 4 is 52.1 Å². The van der Waals surface area contributed by atoms with Gasteiger partial charge >= 0.3 is 0 Å². The summed E-state index contributed by atoms with van der Waals surface area (Å²) >= 11 is 23.1. The lowest BCUT2D eigenvalue weighted by molar-refractivity contribution is 0.415. The lowest BCUT2D eigenvalue weighted by atomic mass is 10.3. The maximum atomic E-state index is 5.80. The quantitative estimate of drug-likeness (QED) is 0.472. The number of anilines is 1. The van der Waals surface area contributed by atoms with E-state index >= 15 is 0 Å². The first kappa shape index (κ1) is 11.1. The minimum atomic E-state index is 0.137. The van der Waals surface area contributed by atoms with Crippen molar-refractivity contribution in [3.63, 3.8) is 0 Å². The van der Waals surface area contributed by atoms with Crippen LogP contribution >= 0.6 is 46.4 Å². The van der Waals surface area contributed by atoms with Gasteiger partial charge in [-0.05, 0) is 0 Å². The van der Waals surface area contributed by atoms with Gasteiger partial charge in [-0.2, -0.15) is 0 Å². The van der Waals surface area contributed by atoms with Crippen molar-refractivity contribution in [2.45, 2.75) is 0 Å². The summed E-state index contributed by atoms with van der Waals surface area (Å²) in [7, 11) is 1.41. The maximum Gasteiger partial charge on any atom is 0.159 e. The molecule has 0 amide bonds. The number of nitrogens with two attached hydrogens (primary N) is 1. The van der Waals surface area contributed by atoms with Crippen LogP contribution in [-0.2, 0) is 0 Å². The Morgan fingerprint density at radius 2 is 1.46 bits per heavy atom. The Balaban J connectivity index is 3.56. The zero-order chi connectivity index (χ0) is 10.2. The van der Waals surface area contributed by atoms with Crippen LogP contribution in [0.3, 0.4) is 0 Å². The molecule has 72 valence electrons. The van der Waals surface area contributed by atoms with Gasteiger partial charge in [0.2, 0.25) is 0 Å². The second-order valence-corrected chi connectivity index (χ2v) is 3.71. The summed E-state index contributed by atoms with van der Waals surface area (Å²) in [5.74, 6) is 0.232. The molecule has 0 atom stereocenters. The molecule has 2 nitrogen and oxygen atoms in total. The predicted octanol–water partition coefficient (Wildman–Crippen LogP) is 3.89. The Hall–Kier alpha value is -0.0200. The Kier molecular flexibility index (Phi) is 3.41. The molecule has 1 aromatic rings. The minimum absolute atomic E-state index is 0.137. The molecule has 0 aliphatic heterocycles. The Morgan fingerprint density at radius 3 is 1.92 bits per heavy atom. The van der Waals surface area contributed by atoms with E-state index in [-0.39, 0.29) is 31.5 Å². The van der Waals surface area contributed by atoms with Gasteiger partial charge in [-0.3, -0.25) is 0 Å². The van der Waals surface area contributed by atoms with E-state index in [1.54, 1.807) is 0 Å². The van der Waals surface area contributed by atoms with Crippen LogP contribution in [0.4, 0.5) is 5.69 Å². The summed E-state index contributed by atoms with van der Waals surface area (Å²) in [6.07, 6.45) is 0. The average molecular weight is 261 g/mol. The molecule has 0 bridgehead atoms. The number of nitrogen functional groups attached to an aromatic ring is 1. The molecule has 6 heteroatoms. The van der Waals surface area contributed by atoms with Crippen LogP contribution in [0.2, 0.25) is 20.1 Å². The minimum Gasteiger partial charge on any atom is -0.493 e. The standard InChI is InChI=1S/C7H5Cl4NO/c1-13-7-4(10)2(8)3(9)6(12)5(7)11/h12H2,1H3. The molecule has 0 spiro atoms. The molecule has 0 saturated carbocycles. The summed E-state index contributed by atoms with van der Waals surface area (Å²) in [6.45, 7) is 0. The summed E-state index contributed by atoms with van der Waals surface area (Å²) in [5.41, 5.74) is 5.70. The van der Waals surface area contributed by atoms with E-state index in [4.69, 9.17) is 56.9 Å². The molecular weight excluding hydrogens is 256 g/mol. The van der Waals surface area contributed by atoms with E-state index in [0.717, 1.165) is 0 Å². The molecular formula is C7H5Cl4NO. The number of benzene rings is 1. The molecule has 0 fully saturated rings. The molecule has 1 rings (SSSR count). The first-order valence-electron chi connectivity index (χ1n) is 3.16. The molecule has 0 aliphatic rings. The van der Waals surface area contributed by atoms with Gasteiger partial charge in [0.1, 0.15) is 10.0 Å². The monoisotopic (exact) mass is 259 g/mol. The van der Waals surface area contributed by atoms with Gasteiger partial charge in [-0.15, -0.1) is 0 Å². The molecule has 13 heavy (non-hydrogen) atoms. The number of hydrogen-bond donors (Lipinski definition) is 1. The molecule has 0 radical (unpaired) electrons. The molecule has 0 aromatic heterocycles. The third kappa shape index (κ3) is 1.77. The highest BCUT2D eigenvalue weighted by Crippen LogP contribution is 2.47. The highest BCUT2D eigenvalue weighted by molar-refractivity contribution is 6.52. The second kappa shape index (κ2) is 4.01. The van der Waals surface area contributed by atoms with Crippen molar-refractivity contribution in [2.24, 2.45) is 0 Å². The third-order valence-corrected chi connectivity index (χ3v) is 3.16. The van der Waals surface area contributed by atoms with Crippen molar-refractivity contribution in [2.75, 3.05) is 12.8 Å². The van der Waals surface area contributed by atoms with E-state index in [1.165, 1.54) is 7.11 Å². The summed E-state index contributed by atoms with van der Waals surface area (Å²) in [4.78, 5) is 0. The van der Waals surface area contributed by atoms with Gasteiger partial charge < -0.3 is 10.5 Å². The zero-order valence-corrected chi connectivity index (χ0v) is 9.52. The van der Waals surface area contributed by atoms with E-state index in [1.807, 2.05) is 0 Å². The number of hydrogen-bond acceptors (Lipinski definition) is 2. The van der Waals surface area contributed by atoms with Gasteiger partial charge in [-0.1, -0.05) is 46.4 Å². The largest absolute Gasteiger partial charge is 0.493 e. The van der Waals surface area contributed by atoms with Crippen LogP contribution in [0.25, 0.3) is 0 Å². The van der Waals surface area contributed by atoms with Gasteiger partial charge in [0.25, 0.3) is 0 Å². The fourth-order valence-corrected chi connectivity index (χ4v) is 1.86. The van der Waals surface area contributed by atoms with Crippen molar-refractivity contribution in [1.82, 2.24) is 0 Å². The van der Waals surface area contributed by atoms with Crippen molar-refractivity contribution < 1.29 is 4.74 Å².